The predicted molar refractivity (Wildman–Crippen MR) is 38.4 cm³/mol. The molecule has 0 aliphatic rings. The summed E-state index contributed by atoms with van der Waals surface area (Å²) >= 11 is 0. The van der Waals surface area contributed by atoms with Crippen molar-refractivity contribution in [1.82, 2.24) is 14.8 Å². The van der Waals surface area contributed by atoms with E-state index in [1.165, 1.54) is 6.33 Å². The Morgan fingerprint density at radius 1 is 1.85 bits per heavy atom. The third kappa shape index (κ3) is 2.25. The van der Waals surface area contributed by atoms with Crippen molar-refractivity contribution in [3.8, 4) is 6.07 Å². The summed E-state index contributed by atoms with van der Waals surface area (Å²) in [4.78, 5) is 13.7. The number of carbonyl (C=O) groups is 1. The van der Waals surface area contributed by atoms with E-state index in [-0.39, 0.29) is 12.4 Å². The maximum Gasteiger partial charge on any atom is 0.334 e. The second-order valence-electron chi connectivity index (χ2n) is 2.26. The molecule has 0 fully saturated rings. The molecule has 0 saturated carbocycles. The van der Waals surface area contributed by atoms with Gasteiger partial charge in [0.25, 0.3) is 5.82 Å². The van der Waals surface area contributed by atoms with Crippen LogP contribution in [0.5, 0.6) is 0 Å². The number of hydrogen-bond acceptors (Lipinski definition) is 5. The number of aliphatic hydroxyl groups excluding tert-OH is 1. The van der Waals surface area contributed by atoms with Crippen LogP contribution in [0.4, 0.5) is 0 Å². The van der Waals surface area contributed by atoms with Gasteiger partial charge in [0.2, 0.25) is 0 Å². The molecule has 0 aliphatic heterocycles. The van der Waals surface area contributed by atoms with Gasteiger partial charge in [0.1, 0.15) is 12.4 Å². The molecule has 0 spiro atoms. The Morgan fingerprint density at radius 2 is 2.54 bits per heavy atom. The Kier molecular flexibility index (Phi) is 2.56. The molecule has 1 heterocycles. The highest BCUT2D eigenvalue weighted by Gasteiger charge is 2.14. The summed E-state index contributed by atoms with van der Waals surface area (Å²) in [5.41, 5.74) is 0. The Bertz CT molecular complexity index is 353. The monoisotopic (exact) mass is 182 g/mol. The van der Waals surface area contributed by atoms with E-state index >= 15 is 0 Å². The average Bonchev–Trinajstić information content (AvgIpc) is 2.52. The Balaban J connectivity index is 2.65. The van der Waals surface area contributed by atoms with Crippen LogP contribution in [0, 0.1) is 11.3 Å². The van der Waals surface area contributed by atoms with Gasteiger partial charge < -0.3 is 10.2 Å². The molecule has 0 saturated heterocycles. The second kappa shape index (κ2) is 3.64. The van der Waals surface area contributed by atoms with Crippen molar-refractivity contribution >= 4 is 5.97 Å². The molecule has 0 bridgehead atoms. The highest BCUT2D eigenvalue weighted by molar-refractivity contribution is 5.71. The minimum Gasteiger partial charge on any atom is -0.479 e. The molecular weight excluding hydrogens is 176 g/mol. The summed E-state index contributed by atoms with van der Waals surface area (Å²) in [5, 5.41) is 29.1. The number of hydrogen-bond donors (Lipinski definition) is 2. The molecule has 2 N–H and O–H groups in total. The standard InChI is InChI=1S/C6H6N4O3/c7-1-5-8-3-10(9-5)2-4(11)6(12)13/h3-4,11H,2H2,(H,12,13). The molecular formula is C6H6N4O3. The number of aliphatic hydroxyl groups is 1. The minimum absolute atomic E-state index is 0.0578. The zero-order chi connectivity index (χ0) is 9.84. The van der Waals surface area contributed by atoms with Crippen LogP contribution in [0.25, 0.3) is 0 Å². The van der Waals surface area contributed by atoms with E-state index in [9.17, 15) is 4.79 Å². The number of carboxylic acid groups (broad SMARTS) is 1. The van der Waals surface area contributed by atoms with Gasteiger partial charge in [-0.2, -0.15) is 5.26 Å². The fourth-order valence-electron chi connectivity index (χ4n) is 0.689. The lowest BCUT2D eigenvalue weighted by Gasteiger charge is -2.03. The highest BCUT2D eigenvalue weighted by atomic mass is 16.4. The molecule has 1 unspecified atom stereocenters. The first kappa shape index (κ1) is 9.15. The Morgan fingerprint density at radius 3 is 3.00 bits per heavy atom. The molecule has 7 heteroatoms. The number of aliphatic carboxylic acids is 1. The molecule has 1 aromatic rings. The molecule has 1 rings (SSSR count). The molecule has 0 amide bonds. The third-order valence-corrected chi connectivity index (χ3v) is 1.28. The summed E-state index contributed by atoms with van der Waals surface area (Å²) in [5.74, 6) is -1.40. The van der Waals surface area contributed by atoms with E-state index in [1.54, 1.807) is 6.07 Å². The fraction of sp³-hybridized carbons (Fsp3) is 0.333. The molecule has 0 aliphatic carbocycles. The van der Waals surface area contributed by atoms with Crippen molar-refractivity contribution < 1.29 is 15.0 Å². The predicted octanol–water partition coefficient (Wildman–Crippen LogP) is -1.40. The van der Waals surface area contributed by atoms with Crippen LogP contribution in [-0.4, -0.2) is 37.1 Å². The van der Waals surface area contributed by atoms with Crippen molar-refractivity contribution in [3.63, 3.8) is 0 Å². The van der Waals surface area contributed by atoms with E-state index in [1.807, 2.05) is 0 Å². The third-order valence-electron chi connectivity index (χ3n) is 1.28. The van der Waals surface area contributed by atoms with Crippen molar-refractivity contribution in [2.75, 3.05) is 0 Å². The van der Waals surface area contributed by atoms with Gasteiger partial charge >= 0.3 is 5.97 Å². The van der Waals surface area contributed by atoms with Crippen molar-refractivity contribution in [2.24, 2.45) is 0 Å². The summed E-state index contributed by atoms with van der Waals surface area (Å²) in [7, 11) is 0. The quantitative estimate of drug-likeness (QED) is 0.594. The van der Waals surface area contributed by atoms with Crippen LogP contribution in [0.15, 0.2) is 6.33 Å². The smallest absolute Gasteiger partial charge is 0.334 e. The van der Waals surface area contributed by atoms with Gasteiger partial charge in [-0.05, 0) is 0 Å². The van der Waals surface area contributed by atoms with Gasteiger partial charge in [0, 0.05) is 0 Å². The van der Waals surface area contributed by atoms with Crippen LogP contribution in [0.1, 0.15) is 5.82 Å². The molecule has 68 valence electrons. The second-order valence-corrected chi connectivity index (χ2v) is 2.26. The van der Waals surface area contributed by atoms with Gasteiger partial charge in [0.05, 0.1) is 6.54 Å². The van der Waals surface area contributed by atoms with Crippen LogP contribution >= 0.6 is 0 Å². The maximum absolute atomic E-state index is 10.2. The van der Waals surface area contributed by atoms with Crippen molar-refractivity contribution in [2.45, 2.75) is 12.6 Å². The van der Waals surface area contributed by atoms with E-state index in [0.717, 1.165) is 4.68 Å². The van der Waals surface area contributed by atoms with Crippen LogP contribution in [0.2, 0.25) is 0 Å². The first-order valence-corrected chi connectivity index (χ1v) is 3.34. The molecule has 7 nitrogen and oxygen atoms in total. The lowest BCUT2D eigenvalue weighted by Crippen LogP contribution is -2.25. The first-order valence-electron chi connectivity index (χ1n) is 3.34. The fourth-order valence-corrected chi connectivity index (χ4v) is 0.689. The molecule has 13 heavy (non-hydrogen) atoms. The van der Waals surface area contributed by atoms with E-state index in [4.69, 9.17) is 15.5 Å². The molecule has 0 aromatic carbocycles. The summed E-state index contributed by atoms with van der Waals surface area (Å²) in [6, 6.07) is 1.68. The average molecular weight is 182 g/mol. The zero-order valence-corrected chi connectivity index (χ0v) is 6.45. The lowest BCUT2D eigenvalue weighted by molar-refractivity contribution is -0.147. The topological polar surface area (TPSA) is 112 Å². The SMILES string of the molecule is N#Cc1ncn(CC(O)C(=O)O)n1. The van der Waals surface area contributed by atoms with E-state index in [0.29, 0.717) is 0 Å². The highest BCUT2D eigenvalue weighted by Crippen LogP contribution is 1.91. The molecule has 0 radical (unpaired) electrons. The van der Waals surface area contributed by atoms with Crippen LogP contribution in [-0.2, 0) is 11.3 Å². The van der Waals surface area contributed by atoms with Crippen LogP contribution < -0.4 is 0 Å². The largest absolute Gasteiger partial charge is 0.479 e. The summed E-state index contributed by atoms with van der Waals surface area (Å²) in [6.45, 7) is -0.218. The Labute approximate surface area is 72.9 Å². The summed E-state index contributed by atoms with van der Waals surface area (Å²) < 4.78 is 1.09. The van der Waals surface area contributed by atoms with Gasteiger partial charge in [-0.1, -0.05) is 0 Å². The van der Waals surface area contributed by atoms with Crippen molar-refractivity contribution in [3.05, 3.63) is 12.2 Å². The molecule has 1 atom stereocenters. The normalized spacial score (nSPS) is 12.0. The number of aromatic nitrogens is 3. The van der Waals surface area contributed by atoms with E-state index < -0.39 is 12.1 Å². The summed E-state index contributed by atoms with van der Waals surface area (Å²) in [6.07, 6.45) is -0.349. The van der Waals surface area contributed by atoms with E-state index in [2.05, 4.69) is 10.1 Å². The molecule has 1 aromatic heterocycles. The van der Waals surface area contributed by atoms with Crippen molar-refractivity contribution in [1.29, 1.82) is 5.26 Å². The minimum atomic E-state index is -1.53. The van der Waals surface area contributed by atoms with Gasteiger partial charge in [0.15, 0.2) is 6.10 Å². The first-order chi connectivity index (χ1) is 6.13. The van der Waals surface area contributed by atoms with Crippen LogP contribution in [0.3, 0.4) is 0 Å². The lowest BCUT2D eigenvalue weighted by atomic mass is 10.4. The zero-order valence-electron chi connectivity index (χ0n) is 6.45. The Hall–Kier alpha value is -1.94. The number of rotatable bonds is 3. The van der Waals surface area contributed by atoms with Gasteiger partial charge in [-0.25, -0.2) is 14.5 Å². The van der Waals surface area contributed by atoms with Gasteiger partial charge in [-0.15, -0.1) is 5.10 Å². The number of nitriles is 1. The number of carboxylic acids is 1. The number of nitrogens with zero attached hydrogens (tertiary/aromatic N) is 4. The van der Waals surface area contributed by atoms with Gasteiger partial charge in [-0.3, -0.25) is 0 Å². The maximum atomic E-state index is 10.2.